The third-order valence-corrected chi connectivity index (χ3v) is 7.63. The highest BCUT2D eigenvalue weighted by atomic mass is 32.2. The normalized spacial score (nSPS) is 20.2. The minimum atomic E-state index is -0.351. The average molecular weight is 464 g/mol. The maximum Gasteiger partial charge on any atom is 0.290 e. The number of imide groups is 1. The first-order chi connectivity index (χ1) is 15.4. The van der Waals surface area contributed by atoms with Gasteiger partial charge in [0.05, 0.1) is 11.0 Å². The molecule has 1 fully saturated rings. The molecule has 2 aromatic rings. The molecule has 5 heteroatoms. The zero-order valence-corrected chi connectivity index (χ0v) is 21.4. The van der Waals surface area contributed by atoms with Crippen molar-refractivity contribution in [2.75, 3.05) is 0 Å². The molecule has 2 amide bonds. The maximum absolute atomic E-state index is 12.3. The molecule has 0 aromatic heterocycles. The first-order valence-electron chi connectivity index (χ1n) is 11.6. The molecule has 2 aliphatic rings. The number of nitrogens with one attached hydrogen (secondary N) is 1. The summed E-state index contributed by atoms with van der Waals surface area (Å²) in [6.07, 6.45) is 4.11. The van der Waals surface area contributed by atoms with Crippen molar-refractivity contribution in [3.05, 3.63) is 57.5 Å². The smallest absolute Gasteiger partial charge is 0.290 e. The van der Waals surface area contributed by atoms with Crippen LogP contribution < -0.4 is 10.1 Å². The number of carbonyl (C=O) groups excluding carboxylic acids is 2. The van der Waals surface area contributed by atoms with Crippen molar-refractivity contribution in [1.82, 2.24) is 5.32 Å². The van der Waals surface area contributed by atoms with Crippen LogP contribution in [0.3, 0.4) is 0 Å². The number of rotatable bonds is 4. The number of ether oxygens (including phenoxy) is 1. The Balaban J connectivity index is 1.98. The Kier molecular flexibility index (Phi) is 5.98. The van der Waals surface area contributed by atoms with Crippen molar-refractivity contribution < 1.29 is 14.3 Å². The van der Waals surface area contributed by atoms with Crippen LogP contribution in [0.15, 0.2) is 35.2 Å². The predicted molar refractivity (Wildman–Crippen MR) is 137 cm³/mol. The number of aryl methyl sites for hydroxylation is 1. The van der Waals surface area contributed by atoms with Crippen molar-refractivity contribution in [3.63, 3.8) is 0 Å². The molecule has 0 radical (unpaired) electrons. The Labute approximate surface area is 201 Å². The number of carbonyl (C=O) groups is 2. The van der Waals surface area contributed by atoms with Gasteiger partial charge in [0.1, 0.15) is 5.75 Å². The van der Waals surface area contributed by atoms with E-state index in [1.54, 1.807) is 6.08 Å². The van der Waals surface area contributed by atoms with Gasteiger partial charge in [0.25, 0.3) is 11.1 Å². The summed E-state index contributed by atoms with van der Waals surface area (Å²) in [6, 6.07) is 10.6. The molecule has 4 rings (SSSR count). The number of thioether (sulfide) groups is 1. The van der Waals surface area contributed by atoms with Crippen molar-refractivity contribution in [2.45, 2.75) is 78.2 Å². The molecule has 33 heavy (non-hydrogen) atoms. The Morgan fingerprint density at radius 1 is 1.03 bits per heavy atom. The Morgan fingerprint density at radius 2 is 1.67 bits per heavy atom. The minimum absolute atomic E-state index is 0.00527. The van der Waals surface area contributed by atoms with Crippen LogP contribution in [0.1, 0.15) is 76.6 Å². The third-order valence-electron chi connectivity index (χ3n) is 6.82. The molecule has 0 bridgehead atoms. The molecule has 0 saturated carbocycles. The largest absolute Gasteiger partial charge is 0.490 e. The van der Waals surface area contributed by atoms with Crippen LogP contribution in [-0.2, 0) is 15.6 Å². The minimum Gasteiger partial charge on any atom is -0.490 e. The van der Waals surface area contributed by atoms with E-state index in [4.69, 9.17) is 4.74 Å². The molecule has 0 unspecified atom stereocenters. The number of benzene rings is 2. The summed E-state index contributed by atoms with van der Waals surface area (Å²) in [4.78, 5) is 24.4. The van der Waals surface area contributed by atoms with Crippen LogP contribution in [0.25, 0.3) is 17.2 Å². The van der Waals surface area contributed by atoms with Gasteiger partial charge in [0.15, 0.2) is 0 Å². The fourth-order valence-electron chi connectivity index (χ4n) is 4.86. The summed E-state index contributed by atoms with van der Waals surface area (Å²) >= 11 is 0.939. The van der Waals surface area contributed by atoms with E-state index in [1.807, 2.05) is 32.0 Å². The number of fused-ring (bicyclic) bond motifs is 1. The van der Waals surface area contributed by atoms with Gasteiger partial charge in [-0.25, -0.2) is 0 Å². The molecule has 1 aliphatic carbocycles. The molecule has 1 saturated heterocycles. The Bertz CT molecular complexity index is 1170. The second kappa shape index (κ2) is 8.35. The third kappa shape index (κ3) is 4.48. The highest BCUT2D eigenvalue weighted by molar-refractivity contribution is 8.18. The van der Waals surface area contributed by atoms with Crippen LogP contribution in [0.4, 0.5) is 4.79 Å². The zero-order valence-electron chi connectivity index (χ0n) is 20.6. The van der Waals surface area contributed by atoms with Gasteiger partial charge in [0, 0.05) is 5.56 Å². The molecule has 174 valence electrons. The predicted octanol–water partition coefficient (Wildman–Crippen LogP) is 7.12. The van der Waals surface area contributed by atoms with E-state index in [-0.39, 0.29) is 28.1 Å². The summed E-state index contributed by atoms with van der Waals surface area (Å²) in [5.41, 5.74) is 7.12. The van der Waals surface area contributed by atoms with Crippen molar-refractivity contribution in [1.29, 1.82) is 0 Å². The molecule has 0 spiro atoms. The Hall–Kier alpha value is -2.53. The van der Waals surface area contributed by atoms with E-state index >= 15 is 0 Å². The maximum atomic E-state index is 12.3. The number of hydrogen-bond acceptors (Lipinski definition) is 4. The summed E-state index contributed by atoms with van der Waals surface area (Å²) in [5, 5.41) is 2.01. The van der Waals surface area contributed by atoms with Crippen molar-refractivity contribution in [3.8, 4) is 16.9 Å². The van der Waals surface area contributed by atoms with Gasteiger partial charge in [0.2, 0.25) is 0 Å². The molecule has 0 atom stereocenters. The molecular formula is C28H33NO3S. The van der Waals surface area contributed by atoms with Gasteiger partial charge < -0.3 is 4.74 Å². The standard InChI is InChI=1S/C28H33NO3S/c1-16(2)32-22-10-8-9-18(14-23-25(30)29-26(31)33-23)24(22)19-15-21-20(13-17(19)3)27(4,5)11-12-28(21,6)7/h8-10,13-16H,11-12H2,1-7H3,(H,29,30,31). The first kappa shape index (κ1) is 23.6. The summed E-state index contributed by atoms with van der Waals surface area (Å²) in [5.74, 6) is 0.432. The summed E-state index contributed by atoms with van der Waals surface area (Å²) in [7, 11) is 0. The summed E-state index contributed by atoms with van der Waals surface area (Å²) in [6.45, 7) is 15.5. The van der Waals surface area contributed by atoms with Gasteiger partial charge in [-0.15, -0.1) is 0 Å². The van der Waals surface area contributed by atoms with Crippen LogP contribution in [0.5, 0.6) is 5.75 Å². The molecule has 2 aromatic carbocycles. The quantitative estimate of drug-likeness (QED) is 0.490. The van der Waals surface area contributed by atoms with E-state index in [0.717, 1.165) is 47.0 Å². The van der Waals surface area contributed by atoms with Crippen molar-refractivity contribution >= 4 is 29.0 Å². The van der Waals surface area contributed by atoms with E-state index in [1.165, 1.54) is 16.7 Å². The van der Waals surface area contributed by atoms with Gasteiger partial charge >= 0.3 is 0 Å². The lowest BCUT2D eigenvalue weighted by molar-refractivity contribution is -0.115. The number of hydrogen-bond donors (Lipinski definition) is 1. The SMILES string of the molecule is Cc1cc2c(cc1-c1c(C=C3SC(=O)NC3=O)cccc1OC(C)C)C(C)(C)CCC2(C)C. The van der Waals surface area contributed by atoms with Crippen molar-refractivity contribution in [2.24, 2.45) is 0 Å². The lowest BCUT2D eigenvalue weighted by atomic mass is 9.62. The summed E-state index contributed by atoms with van der Waals surface area (Å²) < 4.78 is 6.24. The van der Waals surface area contributed by atoms with E-state index in [0.29, 0.717) is 4.91 Å². The lowest BCUT2D eigenvalue weighted by Gasteiger charge is -2.42. The van der Waals surface area contributed by atoms with Crippen LogP contribution in [0, 0.1) is 6.92 Å². The van der Waals surface area contributed by atoms with Gasteiger partial charge in [-0.05, 0) is 102 Å². The van der Waals surface area contributed by atoms with E-state index in [2.05, 4.69) is 52.1 Å². The molecular weight excluding hydrogens is 430 g/mol. The van der Waals surface area contributed by atoms with Crippen LogP contribution in [0.2, 0.25) is 0 Å². The first-order valence-corrected chi connectivity index (χ1v) is 12.4. The topological polar surface area (TPSA) is 55.4 Å². The Morgan fingerprint density at radius 3 is 2.24 bits per heavy atom. The fraction of sp³-hybridized carbons (Fsp3) is 0.429. The van der Waals surface area contributed by atoms with Gasteiger partial charge in [-0.3, -0.25) is 14.9 Å². The molecule has 4 nitrogen and oxygen atoms in total. The molecule has 1 N–H and O–H groups in total. The van der Waals surface area contributed by atoms with E-state index in [9.17, 15) is 9.59 Å². The number of amides is 2. The zero-order chi connectivity index (χ0) is 24.1. The van der Waals surface area contributed by atoms with Crippen LogP contribution >= 0.6 is 11.8 Å². The highest BCUT2D eigenvalue weighted by Gasteiger charge is 2.38. The fourth-order valence-corrected chi connectivity index (χ4v) is 5.54. The van der Waals surface area contributed by atoms with Crippen LogP contribution in [-0.4, -0.2) is 17.3 Å². The molecule has 1 heterocycles. The molecule has 1 aliphatic heterocycles. The average Bonchev–Trinajstić information content (AvgIpc) is 3.02. The lowest BCUT2D eigenvalue weighted by Crippen LogP contribution is -2.34. The second-order valence-electron chi connectivity index (χ2n) is 10.7. The van der Waals surface area contributed by atoms with E-state index < -0.39 is 0 Å². The second-order valence-corrected chi connectivity index (χ2v) is 11.7. The highest BCUT2D eigenvalue weighted by Crippen LogP contribution is 2.49. The van der Waals surface area contributed by atoms with Gasteiger partial charge in [-0.1, -0.05) is 45.9 Å². The monoisotopic (exact) mass is 463 g/mol. The van der Waals surface area contributed by atoms with Gasteiger partial charge in [-0.2, -0.15) is 0 Å².